The molecule has 0 radical (unpaired) electrons. The van der Waals surface area contributed by atoms with Crippen LogP contribution in [0.25, 0.3) is 0 Å². The summed E-state index contributed by atoms with van der Waals surface area (Å²) in [7, 11) is 0. The molecule has 0 aliphatic rings. The van der Waals surface area contributed by atoms with E-state index >= 15 is 0 Å². The summed E-state index contributed by atoms with van der Waals surface area (Å²) >= 11 is 0. The van der Waals surface area contributed by atoms with Crippen LogP contribution < -0.4 is 0 Å². The molecule has 86 valence electrons. The first-order valence-corrected chi connectivity index (χ1v) is 5.37. The lowest BCUT2D eigenvalue weighted by Crippen LogP contribution is -2.05. The molecule has 0 saturated carbocycles. The number of rotatable bonds is 5. The number of benzene rings is 1. The van der Waals surface area contributed by atoms with E-state index in [1.54, 1.807) is 0 Å². The van der Waals surface area contributed by atoms with Crippen molar-refractivity contribution in [2.24, 2.45) is 0 Å². The number of nitrogens with zero attached hydrogens (tertiary/aromatic N) is 1. The van der Waals surface area contributed by atoms with Crippen LogP contribution in [0.1, 0.15) is 29.2 Å². The summed E-state index contributed by atoms with van der Waals surface area (Å²) in [5, 5.41) is 17.7. The van der Waals surface area contributed by atoms with Crippen molar-refractivity contribution in [1.82, 2.24) is 0 Å². The Morgan fingerprint density at radius 1 is 1.31 bits per heavy atom. The lowest BCUT2D eigenvalue weighted by atomic mass is 10.0. The zero-order chi connectivity index (χ0) is 12.0. The van der Waals surface area contributed by atoms with Crippen LogP contribution in [-0.2, 0) is 4.74 Å². The van der Waals surface area contributed by atoms with E-state index in [1.165, 1.54) is 0 Å². The van der Waals surface area contributed by atoms with Gasteiger partial charge in [0.05, 0.1) is 12.7 Å². The molecule has 1 aromatic carbocycles. The van der Waals surface area contributed by atoms with Crippen molar-refractivity contribution in [2.75, 3.05) is 13.2 Å². The van der Waals surface area contributed by atoms with Crippen molar-refractivity contribution in [1.29, 1.82) is 5.26 Å². The van der Waals surface area contributed by atoms with E-state index in [0.29, 0.717) is 13.0 Å². The quantitative estimate of drug-likeness (QED) is 0.773. The summed E-state index contributed by atoms with van der Waals surface area (Å²) in [5.41, 5.74) is 3.14. The fourth-order valence-corrected chi connectivity index (χ4v) is 1.64. The van der Waals surface area contributed by atoms with Crippen molar-refractivity contribution in [3.8, 4) is 6.07 Å². The Morgan fingerprint density at radius 3 is 2.44 bits per heavy atom. The molecule has 0 bridgehead atoms. The molecule has 1 N–H and O–H groups in total. The molecule has 0 aromatic heterocycles. The minimum Gasteiger partial charge on any atom is -0.396 e. The summed E-state index contributed by atoms with van der Waals surface area (Å²) in [6.07, 6.45) is 0.0216. The summed E-state index contributed by atoms with van der Waals surface area (Å²) in [6.45, 7) is 4.49. The van der Waals surface area contributed by atoms with Crippen LogP contribution >= 0.6 is 0 Å². The zero-order valence-electron chi connectivity index (χ0n) is 9.73. The predicted octanol–water partition coefficient (Wildman–Crippen LogP) is 2.27. The van der Waals surface area contributed by atoms with Crippen molar-refractivity contribution in [3.05, 3.63) is 34.9 Å². The van der Waals surface area contributed by atoms with Gasteiger partial charge in [-0.25, -0.2) is 0 Å². The van der Waals surface area contributed by atoms with Gasteiger partial charge in [-0.3, -0.25) is 0 Å². The Kier molecular flexibility index (Phi) is 4.97. The summed E-state index contributed by atoms with van der Waals surface area (Å²) in [5.74, 6) is 0. The third-order valence-electron chi connectivity index (χ3n) is 2.25. The van der Waals surface area contributed by atoms with Gasteiger partial charge in [0.1, 0.15) is 0 Å². The molecular weight excluding hydrogens is 202 g/mol. The third kappa shape index (κ3) is 3.65. The average Bonchev–Trinajstić information content (AvgIpc) is 2.23. The first-order chi connectivity index (χ1) is 7.67. The lowest BCUT2D eigenvalue weighted by Gasteiger charge is -2.12. The molecular formula is C13H17NO2. The van der Waals surface area contributed by atoms with Gasteiger partial charge in [-0.15, -0.1) is 0 Å². The van der Waals surface area contributed by atoms with Gasteiger partial charge in [0, 0.05) is 6.61 Å². The van der Waals surface area contributed by atoms with Crippen LogP contribution in [0, 0.1) is 25.2 Å². The maximum atomic E-state index is 9.02. The smallest absolute Gasteiger partial charge is 0.169 e. The van der Waals surface area contributed by atoms with Gasteiger partial charge in [-0.05, 0) is 25.8 Å². The molecule has 3 nitrogen and oxygen atoms in total. The lowest BCUT2D eigenvalue weighted by molar-refractivity contribution is 0.0773. The van der Waals surface area contributed by atoms with E-state index in [-0.39, 0.29) is 6.61 Å². The molecule has 0 aliphatic carbocycles. The largest absolute Gasteiger partial charge is 0.396 e. The second kappa shape index (κ2) is 6.26. The van der Waals surface area contributed by atoms with E-state index in [2.05, 4.69) is 12.1 Å². The van der Waals surface area contributed by atoms with E-state index in [4.69, 9.17) is 15.1 Å². The van der Waals surface area contributed by atoms with Crippen molar-refractivity contribution in [2.45, 2.75) is 26.4 Å². The Balaban J connectivity index is 2.75. The first kappa shape index (κ1) is 12.7. The van der Waals surface area contributed by atoms with Crippen LogP contribution in [0.2, 0.25) is 0 Å². The molecule has 16 heavy (non-hydrogen) atoms. The van der Waals surface area contributed by atoms with Gasteiger partial charge in [0.25, 0.3) is 0 Å². The van der Waals surface area contributed by atoms with Crippen LogP contribution in [-0.4, -0.2) is 18.3 Å². The van der Waals surface area contributed by atoms with Crippen LogP contribution in [0.5, 0.6) is 0 Å². The fraction of sp³-hybridized carbons (Fsp3) is 0.462. The summed E-state index contributed by atoms with van der Waals surface area (Å²) in [6, 6.07) is 8.11. The molecule has 3 heteroatoms. The summed E-state index contributed by atoms with van der Waals surface area (Å²) in [4.78, 5) is 0. The van der Waals surface area contributed by atoms with Crippen molar-refractivity contribution < 1.29 is 9.84 Å². The van der Waals surface area contributed by atoms with Gasteiger partial charge in [-0.1, -0.05) is 29.3 Å². The van der Waals surface area contributed by atoms with Crippen molar-refractivity contribution in [3.63, 3.8) is 0 Å². The number of nitriles is 1. The van der Waals surface area contributed by atoms with Crippen LogP contribution in [0.15, 0.2) is 18.2 Å². The molecule has 0 aliphatic heterocycles. The second-order valence-corrected chi connectivity index (χ2v) is 3.88. The second-order valence-electron chi connectivity index (χ2n) is 3.88. The average molecular weight is 219 g/mol. The number of aliphatic hydroxyl groups is 1. The van der Waals surface area contributed by atoms with E-state index in [1.807, 2.05) is 26.0 Å². The number of ether oxygens (including phenoxy) is 1. The van der Waals surface area contributed by atoms with Gasteiger partial charge in [-0.2, -0.15) is 5.26 Å². The fourth-order valence-electron chi connectivity index (χ4n) is 1.64. The molecule has 0 spiro atoms. The highest BCUT2D eigenvalue weighted by Crippen LogP contribution is 2.19. The van der Waals surface area contributed by atoms with Gasteiger partial charge >= 0.3 is 0 Å². The van der Waals surface area contributed by atoms with E-state index in [0.717, 1.165) is 16.7 Å². The Morgan fingerprint density at radius 2 is 1.94 bits per heavy atom. The minimum atomic E-state index is -0.537. The number of aliphatic hydroxyl groups excluding tert-OH is 1. The Hall–Kier alpha value is -1.37. The van der Waals surface area contributed by atoms with Gasteiger partial charge < -0.3 is 9.84 Å². The Labute approximate surface area is 96.3 Å². The third-order valence-corrected chi connectivity index (χ3v) is 2.25. The minimum absolute atomic E-state index is 0.0883. The Bertz CT molecular complexity index is 362. The molecule has 1 unspecified atom stereocenters. The number of hydrogen-bond donors (Lipinski definition) is 1. The molecule has 1 rings (SSSR count). The standard InChI is InChI=1S/C13H17NO2/c1-10-6-11(2)8-12(7-10)13(9-14)16-5-3-4-15/h6-8,13,15H,3-5H2,1-2H3. The number of aryl methyl sites for hydroxylation is 2. The van der Waals surface area contributed by atoms with Crippen LogP contribution in [0.3, 0.4) is 0 Å². The zero-order valence-corrected chi connectivity index (χ0v) is 9.73. The van der Waals surface area contributed by atoms with Gasteiger partial charge in [0.2, 0.25) is 0 Å². The molecule has 0 saturated heterocycles. The molecule has 0 amide bonds. The van der Waals surface area contributed by atoms with E-state index < -0.39 is 6.10 Å². The molecule has 0 heterocycles. The maximum Gasteiger partial charge on any atom is 0.169 e. The maximum absolute atomic E-state index is 9.02. The normalized spacial score (nSPS) is 12.1. The monoisotopic (exact) mass is 219 g/mol. The highest BCUT2D eigenvalue weighted by Gasteiger charge is 2.11. The van der Waals surface area contributed by atoms with Crippen LogP contribution in [0.4, 0.5) is 0 Å². The number of hydrogen-bond acceptors (Lipinski definition) is 3. The topological polar surface area (TPSA) is 53.2 Å². The van der Waals surface area contributed by atoms with Crippen molar-refractivity contribution >= 4 is 0 Å². The predicted molar refractivity (Wildman–Crippen MR) is 61.9 cm³/mol. The SMILES string of the molecule is Cc1cc(C)cc(C(C#N)OCCCO)c1. The molecule has 1 atom stereocenters. The van der Waals surface area contributed by atoms with E-state index in [9.17, 15) is 0 Å². The summed E-state index contributed by atoms with van der Waals surface area (Å²) < 4.78 is 5.41. The highest BCUT2D eigenvalue weighted by atomic mass is 16.5. The van der Waals surface area contributed by atoms with Gasteiger partial charge in [0.15, 0.2) is 6.10 Å². The highest BCUT2D eigenvalue weighted by molar-refractivity contribution is 5.32. The molecule has 0 fully saturated rings. The first-order valence-electron chi connectivity index (χ1n) is 5.37. The molecule has 1 aromatic rings.